The standard InChI is InChI=1S/C12H16N4/c1-9-10(4-3-5-11(9)13)8-14-12-6-7-16(2)15-12/h3-7H,8,13H2,1-2H3,(H,14,15). The van der Waals surface area contributed by atoms with Gasteiger partial charge in [0.05, 0.1) is 0 Å². The second-order valence-electron chi connectivity index (χ2n) is 3.86. The quantitative estimate of drug-likeness (QED) is 0.771. The predicted octanol–water partition coefficient (Wildman–Crippen LogP) is 1.92. The first kappa shape index (κ1) is 10.5. The molecule has 0 bridgehead atoms. The van der Waals surface area contributed by atoms with Gasteiger partial charge in [0, 0.05) is 31.5 Å². The Bertz CT molecular complexity index is 488. The van der Waals surface area contributed by atoms with Crippen LogP contribution < -0.4 is 11.1 Å². The van der Waals surface area contributed by atoms with Crippen LogP contribution in [0.4, 0.5) is 11.5 Å². The van der Waals surface area contributed by atoms with Crippen molar-refractivity contribution in [2.75, 3.05) is 11.1 Å². The number of nitrogens with two attached hydrogens (primary N) is 1. The minimum atomic E-state index is 0.744. The Balaban J connectivity index is 2.07. The Morgan fingerprint density at radius 1 is 1.38 bits per heavy atom. The van der Waals surface area contributed by atoms with Gasteiger partial charge in [0.1, 0.15) is 5.82 Å². The topological polar surface area (TPSA) is 55.9 Å². The number of anilines is 2. The van der Waals surface area contributed by atoms with E-state index in [1.165, 1.54) is 5.56 Å². The molecule has 84 valence electrons. The fourth-order valence-corrected chi connectivity index (χ4v) is 1.59. The number of nitrogen functional groups attached to an aromatic ring is 1. The molecule has 3 N–H and O–H groups in total. The zero-order valence-corrected chi connectivity index (χ0v) is 9.57. The van der Waals surface area contributed by atoms with Gasteiger partial charge in [-0.05, 0) is 24.1 Å². The summed E-state index contributed by atoms with van der Waals surface area (Å²) in [5.41, 5.74) is 9.01. The van der Waals surface area contributed by atoms with Crippen LogP contribution in [0.15, 0.2) is 30.5 Å². The number of benzene rings is 1. The maximum atomic E-state index is 5.85. The Morgan fingerprint density at radius 3 is 2.88 bits per heavy atom. The lowest BCUT2D eigenvalue weighted by Crippen LogP contribution is -2.04. The van der Waals surface area contributed by atoms with Gasteiger partial charge in [-0.2, -0.15) is 5.10 Å². The fourth-order valence-electron chi connectivity index (χ4n) is 1.59. The third-order valence-corrected chi connectivity index (χ3v) is 2.66. The molecule has 2 rings (SSSR count). The molecule has 1 heterocycles. The number of hydrogen-bond acceptors (Lipinski definition) is 3. The molecule has 0 atom stereocenters. The van der Waals surface area contributed by atoms with Gasteiger partial charge in [-0.3, -0.25) is 4.68 Å². The van der Waals surface area contributed by atoms with Gasteiger partial charge in [0.2, 0.25) is 0 Å². The summed E-state index contributed by atoms with van der Waals surface area (Å²) in [7, 11) is 1.90. The molecule has 0 amide bonds. The zero-order valence-electron chi connectivity index (χ0n) is 9.57. The lowest BCUT2D eigenvalue weighted by Gasteiger charge is -2.08. The highest BCUT2D eigenvalue weighted by atomic mass is 15.3. The van der Waals surface area contributed by atoms with Crippen LogP contribution in [0.25, 0.3) is 0 Å². The first-order valence-corrected chi connectivity index (χ1v) is 5.24. The van der Waals surface area contributed by atoms with E-state index in [0.29, 0.717) is 0 Å². The molecule has 4 nitrogen and oxygen atoms in total. The summed E-state index contributed by atoms with van der Waals surface area (Å²) in [6, 6.07) is 7.90. The summed E-state index contributed by atoms with van der Waals surface area (Å²) in [6.07, 6.45) is 1.91. The highest BCUT2D eigenvalue weighted by Gasteiger charge is 2.01. The molecule has 0 spiro atoms. The van der Waals surface area contributed by atoms with Crippen LogP contribution in [0.1, 0.15) is 11.1 Å². The van der Waals surface area contributed by atoms with Crippen molar-refractivity contribution in [3.63, 3.8) is 0 Å². The van der Waals surface area contributed by atoms with Crippen molar-refractivity contribution in [2.24, 2.45) is 7.05 Å². The maximum Gasteiger partial charge on any atom is 0.148 e. The van der Waals surface area contributed by atoms with E-state index < -0.39 is 0 Å². The molecule has 0 saturated heterocycles. The second-order valence-corrected chi connectivity index (χ2v) is 3.86. The Morgan fingerprint density at radius 2 is 2.19 bits per heavy atom. The SMILES string of the molecule is Cc1c(N)cccc1CNc1ccn(C)n1. The van der Waals surface area contributed by atoms with E-state index in [-0.39, 0.29) is 0 Å². The van der Waals surface area contributed by atoms with Gasteiger partial charge in [-0.15, -0.1) is 0 Å². The number of aryl methyl sites for hydroxylation is 1. The lowest BCUT2D eigenvalue weighted by molar-refractivity contribution is 0.768. The number of nitrogens with zero attached hydrogens (tertiary/aromatic N) is 2. The van der Waals surface area contributed by atoms with Crippen LogP contribution in [-0.4, -0.2) is 9.78 Å². The molecular formula is C12H16N4. The van der Waals surface area contributed by atoms with E-state index in [1.54, 1.807) is 4.68 Å². The molecule has 0 saturated carbocycles. The zero-order chi connectivity index (χ0) is 11.5. The third-order valence-electron chi connectivity index (χ3n) is 2.66. The van der Waals surface area contributed by atoms with Gasteiger partial charge in [-0.25, -0.2) is 0 Å². The summed E-state index contributed by atoms with van der Waals surface area (Å²) in [4.78, 5) is 0. The van der Waals surface area contributed by atoms with Gasteiger partial charge < -0.3 is 11.1 Å². The van der Waals surface area contributed by atoms with Crippen molar-refractivity contribution in [3.05, 3.63) is 41.6 Å². The fraction of sp³-hybridized carbons (Fsp3) is 0.250. The largest absolute Gasteiger partial charge is 0.399 e. The van der Waals surface area contributed by atoms with Gasteiger partial charge >= 0.3 is 0 Å². The van der Waals surface area contributed by atoms with E-state index in [2.05, 4.69) is 16.5 Å². The average molecular weight is 216 g/mol. The summed E-state index contributed by atoms with van der Waals surface area (Å²) in [6.45, 7) is 2.78. The van der Waals surface area contributed by atoms with Crippen molar-refractivity contribution >= 4 is 11.5 Å². The predicted molar refractivity (Wildman–Crippen MR) is 66.1 cm³/mol. The molecular weight excluding hydrogens is 200 g/mol. The minimum absolute atomic E-state index is 0.744. The Kier molecular flexibility index (Phi) is 2.81. The smallest absolute Gasteiger partial charge is 0.148 e. The van der Waals surface area contributed by atoms with Crippen molar-refractivity contribution in [2.45, 2.75) is 13.5 Å². The summed E-state index contributed by atoms with van der Waals surface area (Å²) in [5, 5.41) is 7.51. The van der Waals surface area contributed by atoms with E-state index in [4.69, 9.17) is 5.73 Å². The average Bonchev–Trinajstić information content (AvgIpc) is 2.67. The van der Waals surface area contributed by atoms with Crippen molar-refractivity contribution in [1.82, 2.24) is 9.78 Å². The molecule has 0 aliphatic heterocycles. The Labute approximate surface area is 95.1 Å². The van der Waals surface area contributed by atoms with E-state index in [1.807, 2.05) is 38.4 Å². The number of aromatic nitrogens is 2. The molecule has 4 heteroatoms. The molecule has 0 radical (unpaired) electrons. The number of rotatable bonds is 3. The van der Waals surface area contributed by atoms with Crippen molar-refractivity contribution < 1.29 is 0 Å². The normalized spacial score (nSPS) is 10.4. The molecule has 0 unspecified atom stereocenters. The lowest BCUT2D eigenvalue weighted by atomic mass is 10.1. The van der Waals surface area contributed by atoms with Crippen LogP contribution in [0, 0.1) is 6.92 Å². The molecule has 0 fully saturated rings. The van der Waals surface area contributed by atoms with Crippen molar-refractivity contribution in [3.8, 4) is 0 Å². The Hall–Kier alpha value is -1.97. The van der Waals surface area contributed by atoms with E-state index in [9.17, 15) is 0 Å². The molecule has 0 aliphatic carbocycles. The van der Waals surface area contributed by atoms with Gasteiger partial charge in [-0.1, -0.05) is 12.1 Å². The molecule has 2 aromatic rings. The molecule has 0 aliphatic rings. The maximum absolute atomic E-state index is 5.85. The van der Waals surface area contributed by atoms with Gasteiger partial charge in [0.15, 0.2) is 0 Å². The summed E-state index contributed by atoms with van der Waals surface area (Å²) < 4.78 is 1.77. The van der Waals surface area contributed by atoms with Crippen LogP contribution in [0.2, 0.25) is 0 Å². The van der Waals surface area contributed by atoms with Crippen LogP contribution in [0.3, 0.4) is 0 Å². The number of nitrogens with one attached hydrogen (secondary N) is 1. The molecule has 16 heavy (non-hydrogen) atoms. The first-order valence-electron chi connectivity index (χ1n) is 5.24. The minimum Gasteiger partial charge on any atom is -0.399 e. The first-order chi connectivity index (χ1) is 7.66. The molecule has 1 aromatic heterocycles. The van der Waals surface area contributed by atoms with Gasteiger partial charge in [0.25, 0.3) is 0 Å². The van der Waals surface area contributed by atoms with E-state index >= 15 is 0 Å². The summed E-state index contributed by atoms with van der Waals surface area (Å²) >= 11 is 0. The van der Waals surface area contributed by atoms with Crippen LogP contribution in [0.5, 0.6) is 0 Å². The summed E-state index contributed by atoms with van der Waals surface area (Å²) in [5.74, 6) is 0.879. The van der Waals surface area contributed by atoms with Crippen LogP contribution in [-0.2, 0) is 13.6 Å². The highest BCUT2D eigenvalue weighted by Crippen LogP contribution is 2.16. The number of hydrogen-bond donors (Lipinski definition) is 2. The second kappa shape index (κ2) is 4.26. The highest BCUT2D eigenvalue weighted by molar-refractivity contribution is 5.50. The molecule has 1 aromatic carbocycles. The van der Waals surface area contributed by atoms with Crippen molar-refractivity contribution in [1.29, 1.82) is 0 Å². The van der Waals surface area contributed by atoms with Crippen LogP contribution >= 0.6 is 0 Å². The van der Waals surface area contributed by atoms with E-state index in [0.717, 1.165) is 23.6 Å². The third kappa shape index (κ3) is 2.16. The monoisotopic (exact) mass is 216 g/mol.